The Morgan fingerprint density at radius 3 is 2.68 bits per heavy atom. The van der Waals surface area contributed by atoms with Crippen molar-refractivity contribution < 1.29 is 23.0 Å². The second kappa shape index (κ2) is 9.01. The second-order valence-electron chi connectivity index (χ2n) is 5.40. The summed E-state index contributed by atoms with van der Waals surface area (Å²) in [5, 5.41) is 2.54. The highest BCUT2D eigenvalue weighted by atomic mass is 19.3. The molecule has 1 amide bonds. The first kappa shape index (κ1) is 18.7. The first-order chi connectivity index (χ1) is 12.0. The van der Waals surface area contributed by atoms with Crippen LogP contribution in [0.4, 0.5) is 8.78 Å². The van der Waals surface area contributed by atoms with Gasteiger partial charge in [-0.3, -0.25) is 4.79 Å². The molecule has 0 aromatic heterocycles. The summed E-state index contributed by atoms with van der Waals surface area (Å²) in [5.74, 6) is 0.343. The lowest BCUT2D eigenvalue weighted by Gasteiger charge is -2.14. The molecule has 6 heteroatoms. The van der Waals surface area contributed by atoms with Gasteiger partial charge in [-0.15, -0.1) is 0 Å². The van der Waals surface area contributed by atoms with E-state index in [1.54, 1.807) is 36.4 Å². The average Bonchev–Trinajstić information content (AvgIpc) is 2.62. The van der Waals surface area contributed by atoms with Gasteiger partial charge in [0.1, 0.15) is 11.5 Å². The van der Waals surface area contributed by atoms with Crippen LogP contribution in [0, 0.1) is 0 Å². The number of unbranched alkanes of at least 4 members (excludes halogenated alkanes) is 1. The van der Waals surface area contributed by atoms with Crippen LogP contribution in [0.3, 0.4) is 0 Å². The summed E-state index contributed by atoms with van der Waals surface area (Å²) in [6.45, 7) is -0.338. The van der Waals surface area contributed by atoms with Crippen LogP contribution in [0.1, 0.15) is 30.1 Å². The lowest BCUT2D eigenvalue weighted by molar-refractivity contribution is -0.0494. The lowest BCUT2D eigenvalue weighted by Crippen LogP contribution is -2.17. The van der Waals surface area contributed by atoms with E-state index in [0.29, 0.717) is 29.0 Å². The fourth-order valence-electron chi connectivity index (χ4n) is 2.33. The molecule has 0 heterocycles. The van der Waals surface area contributed by atoms with Crippen LogP contribution in [-0.4, -0.2) is 26.2 Å². The highest BCUT2D eigenvalue weighted by Crippen LogP contribution is 2.35. The summed E-state index contributed by atoms with van der Waals surface area (Å²) in [5.41, 5.74) is 1.47. The van der Waals surface area contributed by atoms with E-state index >= 15 is 0 Å². The topological polar surface area (TPSA) is 47.6 Å². The standard InChI is InChI=1S/C19H21F2NO3/c1-3-4-10-24-15-8-9-17(25-19(20)21)16(12-15)13-6-5-7-14(11-13)18(23)22-2/h5-9,11-12,19H,3-4,10H2,1-2H3,(H,22,23). The zero-order valence-corrected chi connectivity index (χ0v) is 14.2. The van der Waals surface area contributed by atoms with Gasteiger partial charge >= 0.3 is 6.61 Å². The summed E-state index contributed by atoms with van der Waals surface area (Å²) in [6.07, 6.45) is 1.89. The molecule has 1 N–H and O–H groups in total. The summed E-state index contributed by atoms with van der Waals surface area (Å²) in [7, 11) is 1.53. The Morgan fingerprint density at radius 2 is 2.00 bits per heavy atom. The first-order valence-electron chi connectivity index (χ1n) is 8.09. The van der Waals surface area contributed by atoms with Crippen LogP contribution in [0.15, 0.2) is 42.5 Å². The van der Waals surface area contributed by atoms with Crippen molar-refractivity contribution in [1.29, 1.82) is 0 Å². The maximum atomic E-state index is 12.7. The van der Waals surface area contributed by atoms with Crippen LogP contribution in [0.2, 0.25) is 0 Å². The van der Waals surface area contributed by atoms with Gasteiger partial charge in [0.05, 0.1) is 6.61 Å². The minimum atomic E-state index is -2.94. The second-order valence-corrected chi connectivity index (χ2v) is 5.40. The van der Waals surface area contributed by atoms with E-state index in [4.69, 9.17) is 4.74 Å². The minimum absolute atomic E-state index is 0.0342. The minimum Gasteiger partial charge on any atom is -0.494 e. The number of amides is 1. The maximum Gasteiger partial charge on any atom is 0.387 e. The molecule has 2 rings (SSSR count). The van der Waals surface area contributed by atoms with Crippen molar-refractivity contribution >= 4 is 5.91 Å². The molecule has 0 spiro atoms. The van der Waals surface area contributed by atoms with E-state index in [0.717, 1.165) is 12.8 Å². The molecule has 0 bridgehead atoms. The fraction of sp³-hybridized carbons (Fsp3) is 0.316. The molecule has 0 saturated carbocycles. The van der Waals surface area contributed by atoms with E-state index in [1.807, 2.05) is 0 Å². The molecule has 0 aliphatic rings. The third-order valence-electron chi connectivity index (χ3n) is 3.60. The van der Waals surface area contributed by atoms with Crippen LogP contribution in [0.5, 0.6) is 11.5 Å². The Balaban J connectivity index is 2.41. The van der Waals surface area contributed by atoms with Gasteiger partial charge in [0, 0.05) is 18.2 Å². The Hall–Kier alpha value is -2.63. The van der Waals surface area contributed by atoms with Crippen molar-refractivity contribution in [3.8, 4) is 22.6 Å². The largest absolute Gasteiger partial charge is 0.494 e. The number of hydrogen-bond donors (Lipinski definition) is 1. The number of hydrogen-bond acceptors (Lipinski definition) is 3. The van der Waals surface area contributed by atoms with Gasteiger partial charge in [0.15, 0.2) is 0 Å². The zero-order chi connectivity index (χ0) is 18.2. The monoisotopic (exact) mass is 349 g/mol. The predicted octanol–water partition coefficient (Wildman–Crippen LogP) is 4.49. The predicted molar refractivity (Wildman–Crippen MR) is 92.3 cm³/mol. The number of nitrogens with one attached hydrogen (secondary N) is 1. The van der Waals surface area contributed by atoms with E-state index in [9.17, 15) is 13.6 Å². The van der Waals surface area contributed by atoms with Gasteiger partial charge in [0.2, 0.25) is 0 Å². The Bertz CT molecular complexity index is 720. The van der Waals surface area contributed by atoms with Crippen molar-refractivity contribution in [1.82, 2.24) is 5.32 Å². The number of rotatable bonds is 8. The molecule has 0 saturated heterocycles. The summed E-state index contributed by atoms with van der Waals surface area (Å²) >= 11 is 0. The van der Waals surface area contributed by atoms with Crippen LogP contribution in [0.25, 0.3) is 11.1 Å². The SMILES string of the molecule is CCCCOc1ccc(OC(F)F)c(-c2cccc(C(=O)NC)c2)c1. The third-order valence-corrected chi connectivity index (χ3v) is 3.60. The quantitative estimate of drug-likeness (QED) is 0.714. The molecule has 0 radical (unpaired) electrons. The van der Waals surface area contributed by atoms with E-state index in [-0.39, 0.29) is 11.7 Å². The van der Waals surface area contributed by atoms with Crippen molar-refractivity contribution in [2.24, 2.45) is 0 Å². The van der Waals surface area contributed by atoms with Gasteiger partial charge in [-0.1, -0.05) is 25.5 Å². The number of benzene rings is 2. The molecule has 0 atom stereocenters. The number of ether oxygens (including phenoxy) is 2. The summed E-state index contributed by atoms with van der Waals surface area (Å²) in [4.78, 5) is 11.8. The molecule has 0 aliphatic carbocycles. The molecule has 0 aliphatic heterocycles. The van der Waals surface area contributed by atoms with E-state index in [2.05, 4.69) is 17.0 Å². The molecular weight excluding hydrogens is 328 g/mol. The highest BCUT2D eigenvalue weighted by Gasteiger charge is 2.14. The Kier molecular flexibility index (Phi) is 6.74. The average molecular weight is 349 g/mol. The van der Waals surface area contributed by atoms with Crippen molar-refractivity contribution in [3.05, 3.63) is 48.0 Å². The molecular formula is C19H21F2NO3. The van der Waals surface area contributed by atoms with Gasteiger partial charge in [-0.2, -0.15) is 8.78 Å². The molecule has 0 fully saturated rings. The molecule has 25 heavy (non-hydrogen) atoms. The third kappa shape index (κ3) is 5.17. The molecule has 2 aromatic rings. The molecule has 0 unspecified atom stereocenters. The van der Waals surface area contributed by atoms with E-state index < -0.39 is 6.61 Å². The number of alkyl halides is 2. The van der Waals surface area contributed by atoms with Crippen molar-refractivity contribution in [2.45, 2.75) is 26.4 Å². The lowest BCUT2D eigenvalue weighted by atomic mass is 10.0. The summed E-state index contributed by atoms with van der Waals surface area (Å²) < 4.78 is 35.7. The van der Waals surface area contributed by atoms with Gasteiger partial charge in [-0.05, 0) is 42.3 Å². The van der Waals surface area contributed by atoms with Gasteiger partial charge in [-0.25, -0.2) is 0 Å². The molecule has 4 nitrogen and oxygen atoms in total. The summed E-state index contributed by atoms with van der Waals surface area (Å²) in [6, 6.07) is 11.4. The highest BCUT2D eigenvalue weighted by molar-refractivity contribution is 5.95. The number of carbonyl (C=O) groups is 1. The smallest absolute Gasteiger partial charge is 0.387 e. The fourth-order valence-corrected chi connectivity index (χ4v) is 2.33. The van der Waals surface area contributed by atoms with E-state index in [1.165, 1.54) is 13.1 Å². The number of carbonyl (C=O) groups excluding carboxylic acids is 1. The molecule has 2 aromatic carbocycles. The van der Waals surface area contributed by atoms with Crippen molar-refractivity contribution in [3.63, 3.8) is 0 Å². The molecule has 134 valence electrons. The Labute approximate surface area is 145 Å². The Morgan fingerprint density at radius 1 is 1.20 bits per heavy atom. The van der Waals surface area contributed by atoms with Crippen LogP contribution >= 0.6 is 0 Å². The van der Waals surface area contributed by atoms with Gasteiger partial charge in [0.25, 0.3) is 5.91 Å². The zero-order valence-electron chi connectivity index (χ0n) is 14.2. The van der Waals surface area contributed by atoms with Gasteiger partial charge < -0.3 is 14.8 Å². The number of halogens is 2. The van der Waals surface area contributed by atoms with Crippen LogP contribution < -0.4 is 14.8 Å². The van der Waals surface area contributed by atoms with Crippen molar-refractivity contribution in [2.75, 3.05) is 13.7 Å². The maximum absolute atomic E-state index is 12.7. The van der Waals surface area contributed by atoms with Crippen LogP contribution in [-0.2, 0) is 0 Å². The normalized spacial score (nSPS) is 10.6. The first-order valence-corrected chi connectivity index (χ1v) is 8.09.